The predicted molar refractivity (Wildman–Crippen MR) is 74.6 cm³/mol. The number of nitrogens with one attached hydrogen (secondary N) is 1. The van der Waals surface area contributed by atoms with Crippen molar-refractivity contribution in [1.29, 1.82) is 0 Å². The van der Waals surface area contributed by atoms with Crippen LogP contribution in [0.2, 0.25) is 0 Å². The van der Waals surface area contributed by atoms with Crippen LogP contribution < -0.4 is 5.32 Å². The smallest absolute Gasteiger partial charge is 0.193 e. The van der Waals surface area contributed by atoms with Gasteiger partial charge in [-0.15, -0.1) is 0 Å². The summed E-state index contributed by atoms with van der Waals surface area (Å²) in [5.41, 5.74) is 0. The number of hydrogen-bond donors (Lipinski definition) is 1. The molecule has 1 N–H and O–H groups in total. The van der Waals surface area contributed by atoms with Gasteiger partial charge in [0.1, 0.15) is 0 Å². The average Bonchev–Trinajstić information content (AvgIpc) is 2.73. The van der Waals surface area contributed by atoms with E-state index in [1.807, 2.05) is 7.05 Å². The second-order valence-electron chi connectivity index (χ2n) is 4.98. The van der Waals surface area contributed by atoms with Crippen molar-refractivity contribution in [2.45, 2.75) is 38.6 Å². The number of rotatable bonds is 5. The van der Waals surface area contributed by atoms with Crippen LogP contribution >= 0.6 is 0 Å². The van der Waals surface area contributed by atoms with Gasteiger partial charge in [0, 0.05) is 33.2 Å². The van der Waals surface area contributed by atoms with Gasteiger partial charge in [-0.25, -0.2) is 0 Å². The first-order valence-corrected chi connectivity index (χ1v) is 6.81. The molecule has 0 aromatic rings. The van der Waals surface area contributed by atoms with E-state index in [9.17, 15) is 0 Å². The molecule has 1 fully saturated rings. The van der Waals surface area contributed by atoms with Crippen LogP contribution in [-0.2, 0) is 0 Å². The van der Waals surface area contributed by atoms with Crippen molar-refractivity contribution >= 4 is 5.96 Å². The van der Waals surface area contributed by atoms with E-state index >= 15 is 0 Å². The molecule has 4 heteroatoms. The van der Waals surface area contributed by atoms with Crippen molar-refractivity contribution in [3.63, 3.8) is 0 Å². The lowest BCUT2D eigenvalue weighted by Crippen LogP contribution is -2.44. The number of aliphatic imine (C=N–C) groups is 1. The molecule has 1 heterocycles. The fourth-order valence-electron chi connectivity index (χ4n) is 2.33. The van der Waals surface area contributed by atoms with E-state index in [2.05, 4.69) is 41.1 Å². The minimum Gasteiger partial charge on any atom is -0.355 e. The Bertz CT molecular complexity index is 240. The number of hydrogen-bond acceptors (Lipinski definition) is 2. The molecule has 17 heavy (non-hydrogen) atoms. The third-order valence-electron chi connectivity index (χ3n) is 3.59. The Morgan fingerprint density at radius 1 is 1.53 bits per heavy atom. The maximum atomic E-state index is 4.34. The summed E-state index contributed by atoms with van der Waals surface area (Å²) in [4.78, 5) is 9.00. The molecule has 1 aliphatic rings. The van der Waals surface area contributed by atoms with Gasteiger partial charge in [0.05, 0.1) is 0 Å². The number of likely N-dealkylation sites (N-methyl/N-ethyl adjacent to an activating group) is 1. The largest absolute Gasteiger partial charge is 0.355 e. The van der Waals surface area contributed by atoms with Gasteiger partial charge in [0.25, 0.3) is 0 Å². The van der Waals surface area contributed by atoms with E-state index in [1.165, 1.54) is 32.2 Å². The summed E-state index contributed by atoms with van der Waals surface area (Å²) < 4.78 is 0. The van der Waals surface area contributed by atoms with Gasteiger partial charge in [-0.1, -0.05) is 13.3 Å². The van der Waals surface area contributed by atoms with Crippen LogP contribution in [0.5, 0.6) is 0 Å². The minimum atomic E-state index is 0.673. The first-order valence-electron chi connectivity index (χ1n) is 6.81. The zero-order chi connectivity index (χ0) is 12.7. The fourth-order valence-corrected chi connectivity index (χ4v) is 2.33. The molecule has 4 nitrogen and oxygen atoms in total. The fraction of sp³-hybridized carbons (Fsp3) is 0.923. The van der Waals surface area contributed by atoms with Crippen LogP contribution in [0.4, 0.5) is 0 Å². The summed E-state index contributed by atoms with van der Waals surface area (Å²) in [5, 5.41) is 3.48. The Morgan fingerprint density at radius 2 is 2.29 bits per heavy atom. The van der Waals surface area contributed by atoms with E-state index in [4.69, 9.17) is 0 Å². The van der Waals surface area contributed by atoms with E-state index in [-0.39, 0.29) is 0 Å². The molecule has 0 amide bonds. The molecule has 1 rings (SSSR count). The summed E-state index contributed by atoms with van der Waals surface area (Å²) in [5.74, 6) is 1.03. The Labute approximate surface area is 106 Å². The van der Waals surface area contributed by atoms with Gasteiger partial charge in [-0.3, -0.25) is 4.99 Å². The molecule has 100 valence electrons. The van der Waals surface area contributed by atoms with E-state index < -0.39 is 0 Å². The van der Waals surface area contributed by atoms with Gasteiger partial charge < -0.3 is 15.1 Å². The predicted octanol–water partition coefficient (Wildman–Crippen LogP) is 1.39. The van der Waals surface area contributed by atoms with Gasteiger partial charge >= 0.3 is 0 Å². The first-order chi connectivity index (χ1) is 8.19. The summed E-state index contributed by atoms with van der Waals surface area (Å²) in [6.07, 6.45) is 5.08. The highest BCUT2D eigenvalue weighted by atomic mass is 15.3. The number of nitrogens with zero attached hydrogens (tertiary/aromatic N) is 3. The zero-order valence-corrected chi connectivity index (χ0v) is 11.9. The van der Waals surface area contributed by atoms with Crippen LogP contribution in [0.25, 0.3) is 0 Å². The molecular weight excluding hydrogens is 212 g/mol. The molecule has 0 spiro atoms. The van der Waals surface area contributed by atoms with E-state index in [0.717, 1.165) is 19.0 Å². The number of likely N-dealkylation sites (tertiary alicyclic amines) is 1. The van der Waals surface area contributed by atoms with Gasteiger partial charge in [-0.2, -0.15) is 0 Å². The molecule has 1 unspecified atom stereocenters. The minimum absolute atomic E-state index is 0.673. The summed E-state index contributed by atoms with van der Waals surface area (Å²) >= 11 is 0. The average molecular weight is 240 g/mol. The molecule has 1 saturated heterocycles. The standard InChI is InChI=1S/C13H28N4/c1-5-6-9-17(4)13(14-2)15-11-12-8-7-10-16(12)3/h12H,5-11H2,1-4H3,(H,14,15). The van der Waals surface area contributed by atoms with Gasteiger partial charge in [0.15, 0.2) is 5.96 Å². The van der Waals surface area contributed by atoms with Crippen molar-refractivity contribution in [2.24, 2.45) is 4.99 Å². The Morgan fingerprint density at radius 3 is 2.82 bits per heavy atom. The topological polar surface area (TPSA) is 30.9 Å². The summed E-state index contributed by atoms with van der Waals surface area (Å²) in [6, 6.07) is 0.673. The Kier molecular flexibility index (Phi) is 6.34. The van der Waals surface area contributed by atoms with Crippen LogP contribution in [0.1, 0.15) is 32.6 Å². The molecule has 0 aromatic carbocycles. The number of unbranched alkanes of at least 4 members (excludes halogenated alkanes) is 1. The maximum absolute atomic E-state index is 4.34. The second kappa shape index (κ2) is 7.54. The van der Waals surface area contributed by atoms with Crippen molar-refractivity contribution in [2.75, 3.05) is 40.8 Å². The zero-order valence-electron chi connectivity index (χ0n) is 11.9. The highest BCUT2D eigenvalue weighted by molar-refractivity contribution is 5.79. The molecule has 0 saturated carbocycles. The van der Waals surface area contributed by atoms with Crippen molar-refractivity contribution in [3.05, 3.63) is 0 Å². The third-order valence-corrected chi connectivity index (χ3v) is 3.59. The maximum Gasteiger partial charge on any atom is 0.193 e. The molecule has 0 bridgehead atoms. The van der Waals surface area contributed by atoms with Crippen molar-refractivity contribution in [1.82, 2.24) is 15.1 Å². The lowest BCUT2D eigenvalue weighted by atomic mass is 10.2. The third kappa shape index (κ3) is 4.54. The van der Waals surface area contributed by atoms with E-state index in [0.29, 0.717) is 6.04 Å². The highest BCUT2D eigenvalue weighted by Gasteiger charge is 2.20. The SMILES string of the molecule is CCCCN(C)C(=NC)NCC1CCCN1C. The molecule has 1 aliphatic heterocycles. The van der Waals surface area contributed by atoms with Crippen LogP contribution in [0.15, 0.2) is 4.99 Å². The molecule has 0 radical (unpaired) electrons. The van der Waals surface area contributed by atoms with Crippen LogP contribution in [0.3, 0.4) is 0 Å². The quantitative estimate of drug-likeness (QED) is 0.582. The van der Waals surface area contributed by atoms with Crippen molar-refractivity contribution < 1.29 is 0 Å². The number of guanidine groups is 1. The normalized spacial score (nSPS) is 21.9. The lowest BCUT2D eigenvalue weighted by molar-refractivity contribution is 0.307. The summed E-state index contributed by atoms with van der Waals surface area (Å²) in [6.45, 7) is 5.55. The first kappa shape index (κ1) is 14.3. The van der Waals surface area contributed by atoms with Gasteiger partial charge in [0.2, 0.25) is 0 Å². The molecular formula is C13H28N4. The molecule has 0 aliphatic carbocycles. The van der Waals surface area contributed by atoms with Crippen LogP contribution in [-0.4, -0.2) is 62.6 Å². The Hall–Kier alpha value is -0.770. The monoisotopic (exact) mass is 240 g/mol. The molecule has 1 atom stereocenters. The molecule has 0 aromatic heterocycles. The summed E-state index contributed by atoms with van der Waals surface area (Å²) in [7, 11) is 6.19. The van der Waals surface area contributed by atoms with Crippen molar-refractivity contribution in [3.8, 4) is 0 Å². The Balaban J connectivity index is 2.31. The van der Waals surface area contributed by atoms with E-state index in [1.54, 1.807) is 0 Å². The van der Waals surface area contributed by atoms with Crippen LogP contribution in [0, 0.1) is 0 Å². The second-order valence-corrected chi connectivity index (χ2v) is 4.98. The van der Waals surface area contributed by atoms with Gasteiger partial charge in [-0.05, 0) is 32.9 Å². The highest BCUT2D eigenvalue weighted by Crippen LogP contribution is 2.13. The lowest BCUT2D eigenvalue weighted by Gasteiger charge is -2.25.